The van der Waals surface area contributed by atoms with Crippen LogP contribution in [0.25, 0.3) is 10.9 Å². The molecule has 1 N–H and O–H groups in total. The SMILES string of the molecule is CCOC(=O)c1nccc2cc[nH]c12. The Balaban J connectivity index is 2.50. The highest BCUT2D eigenvalue weighted by atomic mass is 16.5. The first-order chi connectivity index (χ1) is 6.83. The summed E-state index contributed by atoms with van der Waals surface area (Å²) in [4.78, 5) is 18.4. The number of fused-ring (bicyclic) bond motifs is 1. The summed E-state index contributed by atoms with van der Waals surface area (Å²) >= 11 is 0. The fourth-order valence-electron chi connectivity index (χ4n) is 1.34. The van der Waals surface area contributed by atoms with Crippen LogP contribution in [0.2, 0.25) is 0 Å². The molecule has 2 heterocycles. The fourth-order valence-corrected chi connectivity index (χ4v) is 1.34. The second-order valence-corrected chi connectivity index (χ2v) is 2.82. The molecule has 0 amide bonds. The molecule has 0 aliphatic heterocycles. The minimum atomic E-state index is -0.388. The Morgan fingerprint density at radius 2 is 2.43 bits per heavy atom. The first-order valence-electron chi connectivity index (χ1n) is 4.42. The van der Waals surface area contributed by atoms with Crippen LogP contribution in [0, 0.1) is 0 Å². The number of hydrogen-bond acceptors (Lipinski definition) is 3. The summed E-state index contributed by atoms with van der Waals surface area (Å²) in [7, 11) is 0. The molecule has 14 heavy (non-hydrogen) atoms. The van der Waals surface area contributed by atoms with Gasteiger partial charge in [0.1, 0.15) is 0 Å². The molecule has 0 aliphatic carbocycles. The summed E-state index contributed by atoms with van der Waals surface area (Å²) in [6.07, 6.45) is 3.37. The van der Waals surface area contributed by atoms with Crippen molar-refractivity contribution < 1.29 is 9.53 Å². The van der Waals surface area contributed by atoms with Crippen LogP contribution in [-0.4, -0.2) is 22.5 Å². The predicted octanol–water partition coefficient (Wildman–Crippen LogP) is 1.74. The second kappa shape index (κ2) is 3.49. The van der Waals surface area contributed by atoms with Gasteiger partial charge >= 0.3 is 5.97 Å². The quantitative estimate of drug-likeness (QED) is 0.734. The van der Waals surface area contributed by atoms with Crippen molar-refractivity contribution in [3.63, 3.8) is 0 Å². The zero-order valence-corrected chi connectivity index (χ0v) is 7.78. The Morgan fingerprint density at radius 1 is 1.57 bits per heavy atom. The molecule has 0 unspecified atom stereocenters. The molecule has 0 fully saturated rings. The number of carbonyl (C=O) groups is 1. The van der Waals surface area contributed by atoms with Crippen LogP contribution in [0.1, 0.15) is 17.4 Å². The van der Waals surface area contributed by atoms with Crippen molar-refractivity contribution in [2.75, 3.05) is 6.61 Å². The number of H-pyrrole nitrogens is 1. The van der Waals surface area contributed by atoms with Crippen LogP contribution in [0.15, 0.2) is 24.5 Å². The molecule has 2 aromatic rings. The number of nitrogens with zero attached hydrogens (tertiary/aromatic N) is 1. The Bertz CT molecular complexity index is 462. The Kier molecular flexibility index (Phi) is 2.18. The van der Waals surface area contributed by atoms with E-state index in [2.05, 4.69) is 9.97 Å². The van der Waals surface area contributed by atoms with Crippen LogP contribution >= 0.6 is 0 Å². The highest BCUT2D eigenvalue weighted by Crippen LogP contribution is 2.14. The number of ether oxygens (including phenoxy) is 1. The number of hydrogen-bond donors (Lipinski definition) is 1. The third-order valence-corrected chi connectivity index (χ3v) is 1.94. The Morgan fingerprint density at radius 3 is 3.21 bits per heavy atom. The van der Waals surface area contributed by atoms with Crippen molar-refractivity contribution >= 4 is 16.9 Å². The summed E-state index contributed by atoms with van der Waals surface area (Å²) < 4.78 is 4.88. The van der Waals surface area contributed by atoms with Crippen molar-refractivity contribution in [2.24, 2.45) is 0 Å². The molecule has 0 saturated heterocycles. The molecule has 0 bridgehead atoms. The summed E-state index contributed by atoms with van der Waals surface area (Å²) in [6.45, 7) is 2.13. The number of aromatic nitrogens is 2. The van der Waals surface area contributed by atoms with Gasteiger partial charge in [0.05, 0.1) is 12.1 Å². The Hall–Kier alpha value is -1.84. The molecule has 0 spiro atoms. The van der Waals surface area contributed by atoms with Crippen molar-refractivity contribution in [2.45, 2.75) is 6.92 Å². The predicted molar refractivity (Wildman–Crippen MR) is 52.1 cm³/mol. The lowest BCUT2D eigenvalue weighted by Crippen LogP contribution is -2.07. The van der Waals surface area contributed by atoms with Gasteiger partial charge < -0.3 is 9.72 Å². The number of nitrogens with one attached hydrogen (secondary N) is 1. The van der Waals surface area contributed by atoms with Crippen LogP contribution in [0.4, 0.5) is 0 Å². The minimum Gasteiger partial charge on any atom is -0.461 e. The zero-order chi connectivity index (χ0) is 9.97. The van der Waals surface area contributed by atoms with Gasteiger partial charge in [-0.25, -0.2) is 9.78 Å². The molecule has 0 radical (unpaired) electrons. The number of aromatic amines is 1. The molecular formula is C10H10N2O2. The summed E-state index contributed by atoms with van der Waals surface area (Å²) in [6, 6.07) is 3.73. The summed E-state index contributed by atoms with van der Waals surface area (Å²) in [5, 5.41) is 0.961. The number of esters is 1. The van der Waals surface area contributed by atoms with Crippen molar-refractivity contribution in [1.29, 1.82) is 0 Å². The van der Waals surface area contributed by atoms with E-state index in [0.717, 1.165) is 10.9 Å². The smallest absolute Gasteiger partial charge is 0.359 e. The third kappa shape index (κ3) is 1.35. The summed E-state index contributed by atoms with van der Waals surface area (Å²) in [5.41, 5.74) is 1.07. The molecule has 0 atom stereocenters. The molecule has 0 aromatic carbocycles. The van der Waals surface area contributed by atoms with Gasteiger partial charge in [0.15, 0.2) is 5.69 Å². The fraction of sp³-hybridized carbons (Fsp3) is 0.200. The van der Waals surface area contributed by atoms with E-state index in [0.29, 0.717) is 12.3 Å². The van der Waals surface area contributed by atoms with Gasteiger partial charge in [-0.05, 0) is 19.1 Å². The molecule has 4 nitrogen and oxygen atoms in total. The minimum absolute atomic E-state index is 0.342. The maximum Gasteiger partial charge on any atom is 0.359 e. The normalized spacial score (nSPS) is 10.4. The lowest BCUT2D eigenvalue weighted by atomic mass is 10.2. The Labute approximate surface area is 80.9 Å². The summed E-state index contributed by atoms with van der Waals surface area (Å²) in [5.74, 6) is -0.388. The van der Waals surface area contributed by atoms with E-state index in [4.69, 9.17) is 4.74 Å². The first kappa shape index (κ1) is 8.74. The van der Waals surface area contributed by atoms with Crippen molar-refractivity contribution in [3.8, 4) is 0 Å². The van der Waals surface area contributed by atoms with Gasteiger partial charge in [-0.2, -0.15) is 0 Å². The highest BCUT2D eigenvalue weighted by molar-refractivity contribution is 6.00. The maximum atomic E-state index is 11.5. The van der Waals surface area contributed by atoms with Crippen molar-refractivity contribution in [3.05, 3.63) is 30.2 Å². The van der Waals surface area contributed by atoms with Gasteiger partial charge in [0.25, 0.3) is 0 Å². The van der Waals surface area contributed by atoms with E-state index >= 15 is 0 Å². The zero-order valence-electron chi connectivity index (χ0n) is 7.78. The topological polar surface area (TPSA) is 55.0 Å². The molecule has 0 saturated carbocycles. The monoisotopic (exact) mass is 190 g/mol. The molecule has 72 valence electrons. The average molecular weight is 190 g/mol. The van der Waals surface area contributed by atoms with E-state index in [1.54, 1.807) is 19.3 Å². The van der Waals surface area contributed by atoms with Crippen molar-refractivity contribution in [1.82, 2.24) is 9.97 Å². The molecule has 0 aliphatic rings. The van der Waals surface area contributed by atoms with E-state index in [1.165, 1.54) is 0 Å². The van der Waals surface area contributed by atoms with E-state index in [-0.39, 0.29) is 5.97 Å². The molecule has 2 rings (SSSR count). The number of carbonyl (C=O) groups excluding carboxylic acids is 1. The lowest BCUT2D eigenvalue weighted by Gasteiger charge is -2.01. The number of rotatable bonds is 2. The maximum absolute atomic E-state index is 11.5. The van der Waals surface area contributed by atoms with E-state index in [9.17, 15) is 4.79 Å². The second-order valence-electron chi connectivity index (χ2n) is 2.82. The largest absolute Gasteiger partial charge is 0.461 e. The van der Waals surface area contributed by atoms with Gasteiger partial charge in [0.2, 0.25) is 0 Å². The molecule has 2 aromatic heterocycles. The van der Waals surface area contributed by atoms with Gasteiger partial charge in [-0.3, -0.25) is 0 Å². The van der Waals surface area contributed by atoms with Gasteiger partial charge in [-0.1, -0.05) is 0 Å². The van der Waals surface area contributed by atoms with Gasteiger partial charge in [0, 0.05) is 17.8 Å². The van der Waals surface area contributed by atoms with Crippen LogP contribution in [0.5, 0.6) is 0 Å². The number of pyridine rings is 1. The van der Waals surface area contributed by atoms with Crippen LogP contribution in [0.3, 0.4) is 0 Å². The first-order valence-corrected chi connectivity index (χ1v) is 4.42. The van der Waals surface area contributed by atoms with Crippen LogP contribution < -0.4 is 0 Å². The third-order valence-electron chi connectivity index (χ3n) is 1.94. The van der Waals surface area contributed by atoms with E-state index < -0.39 is 0 Å². The standard InChI is InChI=1S/C10H10N2O2/c1-2-14-10(13)9-8-7(3-5-11-8)4-6-12-9/h3-6,11H,2H2,1H3. The average Bonchev–Trinajstić information content (AvgIpc) is 2.65. The highest BCUT2D eigenvalue weighted by Gasteiger charge is 2.12. The lowest BCUT2D eigenvalue weighted by molar-refractivity contribution is 0.0522. The van der Waals surface area contributed by atoms with Gasteiger partial charge in [-0.15, -0.1) is 0 Å². The molecular weight excluding hydrogens is 180 g/mol. The van der Waals surface area contributed by atoms with E-state index in [1.807, 2.05) is 12.1 Å². The molecule has 4 heteroatoms. The van der Waals surface area contributed by atoms with Crippen LogP contribution in [-0.2, 0) is 4.74 Å².